The van der Waals surface area contributed by atoms with Crippen molar-refractivity contribution in [2.24, 2.45) is 11.0 Å². The molecule has 1 aliphatic carbocycles. The molecule has 3 nitrogen and oxygen atoms in total. The van der Waals surface area contributed by atoms with Gasteiger partial charge in [-0.05, 0) is 49.0 Å². The Morgan fingerprint density at radius 2 is 1.95 bits per heavy atom. The molecular formula is C16H21N3S. The number of hydrazone groups is 1. The average molecular weight is 287 g/mol. The van der Waals surface area contributed by atoms with Crippen LogP contribution in [0.5, 0.6) is 0 Å². The van der Waals surface area contributed by atoms with Gasteiger partial charge in [-0.1, -0.05) is 18.6 Å². The Bertz CT molecular complexity index is 533. The van der Waals surface area contributed by atoms with E-state index in [2.05, 4.69) is 41.5 Å². The first-order valence-corrected chi connectivity index (χ1v) is 7.81. The molecule has 1 saturated carbocycles. The molecule has 1 fully saturated rings. The maximum atomic E-state index is 5.77. The molecule has 106 valence electrons. The molecule has 3 rings (SSSR count). The maximum absolute atomic E-state index is 5.77. The Morgan fingerprint density at radius 3 is 2.75 bits per heavy atom. The van der Waals surface area contributed by atoms with Crippen LogP contribution < -0.4 is 11.2 Å². The minimum atomic E-state index is 0.445. The van der Waals surface area contributed by atoms with Gasteiger partial charge in [-0.15, -0.1) is 0 Å². The third-order valence-corrected chi connectivity index (χ3v) is 4.73. The number of anilines is 1. The van der Waals surface area contributed by atoms with Gasteiger partial charge in [0, 0.05) is 23.1 Å². The van der Waals surface area contributed by atoms with E-state index in [1.165, 1.54) is 24.0 Å². The number of benzene rings is 1. The summed E-state index contributed by atoms with van der Waals surface area (Å²) >= 11 is 4.65. The molecule has 1 heterocycles. The van der Waals surface area contributed by atoms with Crippen LogP contribution in [0.3, 0.4) is 0 Å². The van der Waals surface area contributed by atoms with Crippen LogP contribution in [-0.4, -0.2) is 11.0 Å². The van der Waals surface area contributed by atoms with Crippen molar-refractivity contribution in [2.75, 3.05) is 5.73 Å². The summed E-state index contributed by atoms with van der Waals surface area (Å²) in [6.45, 7) is 0. The molecule has 4 heteroatoms. The summed E-state index contributed by atoms with van der Waals surface area (Å²) in [5.41, 5.74) is 13.4. The van der Waals surface area contributed by atoms with Crippen LogP contribution in [0.15, 0.2) is 41.1 Å². The summed E-state index contributed by atoms with van der Waals surface area (Å²) in [6.07, 6.45) is 7.92. The molecule has 3 N–H and O–H groups in total. The smallest absolute Gasteiger partial charge is 0.0751 e. The predicted octanol–water partition coefficient (Wildman–Crippen LogP) is 3.34. The highest BCUT2D eigenvalue weighted by Gasteiger charge is 2.26. The van der Waals surface area contributed by atoms with E-state index in [1.54, 1.807) is 0 Å². The van der Waals surface area contributed by atoms with Gasteiger partial charge < -0.3 is 5.73 Å². The van der Waals surface area contributed by atoms with E-state index < -0.39 is 0 Å². The lowest BCUT2D eigenvalue weighted by Crippen LogP contribution is -2.27. The van der Waals surface area contributed by atoms with Gasteiger partial charge in [0.1, 0.15) is 0 Å². The van der Waals surface area contributed by atoms with Gasteiger partial charge in [0.05, 0.1) is 5.71 Å². The van der Waals surface area contributed by atoms with Gasteiger partial charge in [0.2, 0.25) is 0 Å². The lowest BCUT2D eigenvalue weighted by Gasteiger charge is -2.29. The molecule has 20 heavy (non-hydrogen) atoms. The fraction of sp³-hybridized carbons (Fsp3) is 0.438. The summed E-state index contributed by atoms with van der Waals surface area (Å²) < 4.78 is 0. The Labute approximate surface area is 125 Å². The van der Waals surface area contributed by atoms with E-state index in [1.807, 2.05) is 12.1 Å². The molecule has 2 aliphatic rings. The molecule has 2 atom stereocenters. The van der Waals surface area contributed by atoms with Gasteiger partial charge in [0.15, 0.2) is 0 Å². The Morgan fingerprint density at radius 1 is 1.15 bits per heavy atom. The highest BCUT2D eigenvalue weighted by Crippen LogP contribution is 2.33. The van der Waals surface area contributed by atoms with Gasteiger partial charge >= 0.3 is 0 Å². The number of thiol groups is 1. The van der Waals surface area contributed by atoms with E-state index in [0.29, 0.717) is 11.2 Å². The number of nitrogens with zero attached hydrogens (tertiary/aromatic N) is 1. The highest BCUT2D eigenvalue weighted by atomic mass is 32.1. The highest BCUT2D eigenvalue weighted by molar-refractivity contribution is 7.80. The number of allylic oxidation sites excluding steroid dienone is 1. The summed E-state index contributed by atoms with van der Waals surface area (Å²) in [7, 11) is 0. The molecule has 2 unspecified atom stereocenters. The zero-order valence-corrected chi connectivity index (χ0v) is 12.4. The second-order valence-electron chi connectivity index (χ2n) is 5.64. The fourth-order valence-electron chi connectivity index (χ4n) is 3.06. The fourth-order valence-corrected chi connectivity index (χ4v) is 3.37. The molecule has 1 aliphatic heterocycles. The van der Waals surface area contributed by atoms with E-state index in [4.69, 9.17) is 5.73 Å². The van der Waals surface area contributed by atoms with Gasteiger partial charge in [-0.2, -0.15) is 17.7 Å². The van der Waals surface area contributed by atoms with E-state index in [9.17, 15) is 0 Å². The zero-order chi connectivity index (χ0) is 13.9. The van der Waals surface area contributed by atoms with Crippen molar-refractivity contribution in [2.45, 2.75) is 37.4 Å². The van der Waals surface area contributed by atoms with Crippen LogP contribution in [0.1, 0.15) is 37.7 Å². The predicted molar refractivity (Wildman–Crippen MR) is 88.0 cm³/mol. The Balaban J connectivity index is 1.85. The minimum Gasteiger partial charge on any atom is -0.399 e. The molecular weight excluding hydrogens is 266 g/mol. The number of nitrogen functional groups attached to an aromatic ring is 1. The van der Waals surface area contributed by atoms with E-state index >= 15 is 0 Å². The van der Waals surface area contributed by atoms with Crippen LogP contribution in [0.4, 0.5) is 5.69 Å². The van der Waals surface area contributed by atoms with Gasteiger partial charge in [-0.25, -0.2) is 0 Å². The van der Waals surface area contributed by atoms with Crippen molar-refractivity contribution < 1.29 is 0 Å². The summed E-state index contributed by atoms with van der Waals surface area (Å²) in [4.78, 5) is 0. The molecule has 0 spiro atoms. The molecule has 0 bridgehead atoms. The van der Waals surface area contributed by atoms with Crippen LogP contribution in [-0.2, 0) is 0 Å². The standard InChI is InChI=1S/C16H21N3S/c17-13-7-4-11(5-8-13)16-15-3-1-2-14(20)9-6-12(15)10-18-19-16/h4-5,7-8,10,14-15,18,20H,1-3,6,9,17H2. The first-order valence-electron chi connectivity index (χ1n) is 7.30. The number of rotatable bonds is 1. The third kappa shape index (κ3) is 2.85. The van der Waals surface area contributed by atoms with Crippen LogP contribution in [0, 0.1) is 5.92 Å². The first kappa shape index (κ1) is 13.6. The summed E-state index contributed by atoms with van der Waals surface area (Å²) in [5.74, 6) is 0.445. The van der Waals surface area contributed by atoms with Crippen LogP contribution in [0.2, 0.25) is 0 Å². The molecule has 0 aromatic heterocycles. The van der Waals surface area contributed by atoms with Crippen LogP contribution in [0.25, 0.3) is 0 Å². The topological polar surface area (TPSA) is 50.4 Å². The van der Waals surface area contributed by atoms with Crippen molar-refractivity contribution in [3.8, 4) is 0 Å². The van der Waals surface area contributed by atoms with Gasteiger partial charge in [0.25, 0.3) is 0 Å². The van der Waals surface area contributed by atoms with Crippen molar-refractivity contribution in [3.05, 3.63) is 41.6 Å². The quantitative estimate of drug-likeness (QED) is 0.548. The van der Waals surface area contributed by atoms with Crippen molar-refractivity contribution in [1.82, 2.24) is 5.43 Å². The number of nitrogens with one attached hydrogen (secondary N) is 1. The zero-order valence-electron chi connectivity index (χ0n) is 11.5. The minimum absolute atomic E-state index is 0.445. The molecule has 0 amide bonds. The lowest BCUT2D eigenvalue weighted by atomic mass is 9.81. The Kier molecular flexibility index (Phi) is 4.01. The second kappa shape index (κ2) is 5.92. The lowest BCUT2D eigenvalue weighted by molar-refractivity contribution is 0.528. The van der Waals surface area contributed by atoms with Crippen molar-refractivity contribution >= 4 is 24.0 Å². The second-order valence-corrected chi connectivity index (χ2v) is 6.37. The molecule has 1 aromatic rings. The summed E-state index contributed by atoms with van der Waals surface area (Å²) in [6, 6.07) is 8.03. The van der Waals surface area contributed by atoms with E-state index in [0.717, 1.165) is 30.7 Å². The third-order valence-electron chi connectivity index (χ3n) is 4.22. The van der Waals surface area contributed by atoms with Crippen molar-refractivity contribution in [3.63, 3.8) is 0 Å². The molecule has 1 aromatic carbocycles. The SMILES string of the molecule is Nc1ccc(C2=NNC=C3CCC(S)CCCC32)cc1. The number of fused-ring (bicyclic) bond motifs is 1. The number of hydrogen-bond acceptors (Lipinski definition) is 4. The molecule has 0 saturated heterocycles. The molecule has 0 radical (unpaired) electrons. The largest absolute Gasteiger partial charge is 0.399 e. The maximum Gasteiger partial charge on any atom is 0.0751 e. The number of nitrogens with two attached hydrogens (primary N) is 1. The average Bonchev–Trinajstić information content (AvgIpc) is 2.44. The normalized spacial score (nSPS) is 26.4. The van der Waals surface area contributed by atoms with Gasteiger partial charge in [-0.3, -0.25) is 5.43 Å². The van der Waals surface area contributed by atoms with Crippen molar-refractivity contribution in [1.29, 1.82) is 0 Å². The van der Waals surface area contributed by atoms with E-state index in [-0.39, 0.29) is 0 Å². The monoisotopic (exact) mass is 287 g/mol. The number of hydrogen-bond donors (Lipinski definition) is 3. The Hall–Kier alpha value is -1.42. The summed E-state index contributed by atoms with van der Waals surface area (Å²) in [5, 5.41) is 5.07. The first-order chi connectivity index (χ1) is 9.74. The van der Waals surface area contributed by atoms with Crippen LogP contribution >= 0.6 is 12.6 Å².